The Bertz CT molecular complexity index is 801. The Morgan fingerprint density at radius 3 is 2.81 bits per heavy atom. The van der Waals surface area contributed by atoms with Gasteiger partial charge in [-0.1, -0.05) is 23.7 Å². The van der Waals surface area contributed by atoms with Crippen LogP contribution in [0, 0.1) is 0 Å². The first-order chi connectivity index (χ1) is 12.3. The summed E-state index contributed by atoms with van der Waals surface area (Å²) < 4.78 is 44.8. The number of alkyl halides is 3. The number of benzene rings is 1. The van der Waals surface area contributed by atoms with Gasteiger partial charge in [-0.05, 0) is 12.1 Å². The van der Waals surface area contributed by atoms with Gasteiger partial charge in [0.2, 0.25) is 0 Å². The number of nitrogens with one attached hydrogen (secondary N) is 1. The molecule has 5 nitrogen and oxygen atoms in total. The van der Waals surface area contributed by atoms with Crippen molar-refractivity contribution in [2.45, 2.75) is 18.7 Å². The number of rotatable bonds is 3. The molecule has 1 aliphatic rings. The van der Waals surface area contributed by atoms with Crippen LogP contribution in [0.3, 0.4) is 0 Å². The zero-order valence-corrected chi connectivity index (χ0v) is 14.2. The Balaban J connectivity index is 1.63. The van der Waals surface area contributed by atoms with E-state index < -0.39 is 17.8 Å². The van der Waals surface area contributed by atoms with Crippen LogP contribution in [0.4, 0.5) is 23.7 Å². The van der Waals surface area contributed by atoms with Crippen LogP contribution in [-0.2, 0) is 6.18 Å². The van der Waals surface area contributed by atoms with Crippen LogP contribution in [0.15, 0.2) is 42.7 Å². The number of aromatic nitrogens is 1. The fourth-order valence-electron chi connectivity index (χ4n) is 2.68. The van der Waals surface area contributed by atoms with Gasteiger partial charge in [0.05, 0.1) is 17.8 Å². The van der Waals surface area contributed by atoms with E-state index in [1.54, 1.807) is 6.07 Å². The van der Waals surface area contributed by atoms with Crippen LogP contribution in [0.1, 0.15) is 12.0 Å². The van der Waals surface area contributed by atoms with E-state index in [0.29, 0.717) is 23.7 Å². The highest BCUT2D eigenvalue weighted by atomic mass is 35.5. The third-order valence-electron chi connectivity index (χ3n) is 3.94. The van der Waals surface area contributed by atoms with Crippen LogP contribution < -0.4 is 10.1 Å². The number of nitrogens with zero attached hydrogens (tertiary/aromatic N) is 2. The van der Waals surface area contributed by atoms with E-state index in [0.717, 1.165) is 6.07 Å². The van der Waals surface area contributed by atoms with Gasteiger partial charge in [-0.25, -0.2) is 4.79 Å². The Labute approximate surface area is 152 Å². The number of carbonyl (C=O) groups excluding carboxylic acids is 1. The van der Waals surface area contributed by atoms with Gasteiger partial charge in [0.15, 0.2) is 0 Å². The van der Waals surface area contributed by atoms with Gasteiger partial charge >= 0.3 is 12.2 Å². The smallest absolute Gasteiger partial charge is 0.418 e. The number of urea groups is 1. The van der Waals surface area contributed by atoms with Gasteiger partial charge < -0.3 is 15.0 Å². The quantitative estimate of drug-likeness (QED) is 0.849. The minimum Gasteiger partial charge on any atom is -0.487 e. The fraction of sp³-hybridized carbons (Fsp3) is 0.294. The molecule has 138 valence electrons. The van der Waals surface area contributed by atoms with E-state index >= 15 is 0 Å². The minimum atomic E-state index is -4.54. The Kier molecular flexibility index (Phi) is 5.22. The first-order valence-electron chi connectivity index (χ1n) is 7.83. The maximum Gasteiger partial charge on any atom is 0.418 e. The van der Waals surface area contributed by atoms with Crippen LogP contribution in [0.25, 0.3) is 0 Å². The second kappa shape index (κ2) is 7.41. The Morgan fingerprint density at radius 1 is 1.31 bits per heavy atom. The van der Waals surface area contributed by atoms with Gasteiger partial charge in [-0.3, -0.25) is 4.98 Å². The molecule has 1 N–H and O–H groups in total. The van der Waals surface area contributed by atoms with Gasteiger partial charge in [-0.2, -0.15) is 13.2 Å². The SMILES string of the molecule is O=C(Nc1ccccc1C(F)(F)F)N1CCC(Oc2ccncc2Cl)C1. The lowest BCUT2D eigenvalue weighted by atomic mass is 10.1. The molecule has 2 heterocycles. The van der Waals surface area contributed by atoms with Crippen molar-refractivity contribution in [2.75, 3.05) is 18.4 Å². The summed E-state index contributed by atoms with van der Waals surface area (Å²) in [6.07, 6.45) is -1.30. The molecule has 1 atom stereocenters. The first-order valence-corrected chi connectivity index (χ1v) is 8.20. The van der Waals surface area contributed by atoms with Crippen molar-refractivity contribution in [3.05, 3.63) is 53.3 Å². The standard InChI is InChI=1S/C17H15ClF3N3O2/c18-13-9-22-7-5-15(13)26-11-6-8-24(10-11)16(25)23-14-4-2-1-3-12(14)17(19,20)21/h1-5,7,9,11H,6,8,10H2,(H,23,25). The van der Waals surface area contributed by atoms with Crippen LogP contribution in [0.2, 0.25) is 5.02 Å². The largest absolute Gasteiger partial charge is 0.487 e. The van der Waals surface area contributed by atoms with E-state index in [4.69, 9.17) is 16.3 Å². The summed E-state index contributed by atoms with van der Waals surface area (Å²) >= 11 is 5.98. The predicted octanol–water partition coefficient (Wildman–Crippen LogP) is 4.44. The normalized spacial score (nSPS) is 17.2. The second-order valence-corrected chi connectivity index (χ2v) is 6.16. The molecule has 2 amide bonds. The molecule has 0 bridgehead atoms. The molecule has 1 unspecified atom stereocenters. The van der Waals surface area contributed by atoms with Crippen molar-refractivity contribution in [2.24, 2.45) is 0 Å². The number of amides is 2. The van der Waals surface area contributed by atoms with Crippen LogP contribution >= 0.6 is 11.6 Å². The number of halogens is 4. The number of pyridine rings is 1. The summed E-state index contributed by atoms with van der Waals surface area (Å²) in [6, 6.07) is 5.88. The van der Waals surface area contributed by atoms with Crippen molar-refractivity contribution in [3.63, 3.8) is 0 Å². The lowest BCUT2D eigenvalue weighted by Gasteiger charge is -2.20. The van der Waals surface area contributed by atoms with Crippen molar-refractivity contribution >= 4 is 23.3 Å². The molecule has 0 radical (unpaired) electrons. The molecule has 2 aromatic rings. The summed E-state index contributed by atoms with van der Waals surface area (Å²) in [6.45, 7) is 0.617. The molecular formula is C17H15ClF3N3O2. The zero-order chi connectivity index (χ0) is 18.7. The lowest BCUT2D eigenvalue weighted by Crippen LogP contribution is -2.35. The number of hydrogen-bond acceptors (Lipinski definition) is 3. The van der Waals surface area contributed by atoms with Crippen molar-refractivity contribution in [1.82, 2.24) is 9.88 Å². The van der Waals surface area contributed by atoms with Gasteiger partial charge in [0.25, 0.3) is 0 Å². The van der Waals surface area contributed by atoms with Crippen LogP contribution in [0.5, 0.6) is 5.75 Å². The van der Waals surface area contributed by atoms with Crippen molar-refractivity contribution < 1.29 is 22.7 Å². The topological polar surface area (TPSA) is 54.5 Å². The fourth-order valence-corrected chi connectivity index (χ4v) is 2.84. The number of anilines is 1. The van der Waals surface area contributed by atoms with E-state index in [-0.39, 0.29) is 18.3 Å². The molecule has 1 fully saturated rings. The maximum atomic E-state index is 13.0. The number of carbonyl (C=O) groups is 1. The molecule has 0 saturated carbocycles. The van der Waals surface area contributed by atoms with Crippen molar-refractivity contribution in [3.8, 4) is 5.75 Å². The number of hydrogen-bond donors (Lipinski definition) is 1. The summed E-state index contributed by atoms with van der Waals surface area (Å²) in [5.74, 6) is 0.455. The monoisotopic (exact) mass is 385 g/mol. The van der Waals surface area contributed by atoms with Crippen molar-refractivity contribution in [1.29, 1.82) is 0 Å². The molecule has 1 aliphatic heterocycles. The summed E-state index contributed by atoms with van der Waals surface area (Å²) in [5.41, 5.74) is -1.16. The first kappa shape index (κ1) is 18.3. The maximum absolute atomic E-state index is 13.0. The third kappa shape index (κ3) is 4.19. The molecule has 0 spiro atoms. The highest BCUT2D eigenvalue weighted by molar-refractivity contribution is 6.31. The molecular weight excluding hydrogens is 371 g/mol. The molecule has 9 heteroatoms. The minimum absolute atomic E-state index is 0.249. The average Bonchev–Trinajstić information content (AvgIpc) is 3.05. The Hall–Kier alpha value is -2.48. The molecule has 1 saturated heterocycles. The second-order valence-electron chi connectivity index (χ2n) is 5.75. The highest BCUT2D eigenvalue weighted by Gasteiger charge is 2.34. The molecule has 1 aromatic carbocycles. The van der Waals surface area contributed by atoms with Gasteiger partial charge in [-0.15, -0.1) is 0 Å². The van der Waals surface area contributed by atoms with E-state index in [1.165, 1.54) is 35.5 Å². The molecule has 1 aromatic heterocycles. The van der Waals surface area contributed by atoms with Gasteiger partial charge in [0, 0.05) is 31.4 Å². The average molecular weight is 386 g/mol. The van der Waals surface area contributed by atoms with E-state index in [1.807, 2.05) is 0 Å². The van der Waals surface area contributed by atoms with Crippen LogP contribution in [-0.4, -0.2) is 35.1 Å². The summed E-state index contributed by atoms with van der Waals surface area (Å²) in [5, 5.41) is 2.69. The summed E-state index contributed by atoms with van der Waals surface area (Å²) in [7, 11) is 0. The third-order valence-corrected chi connectivity index (χ3v) is 4.22. The number of para-hydroxylation sites is 1. The van der Waals surface area contributed by atoms with E-state index in [9.17, 15) is 18.0 Å². The number of likely N-dealkylation sites (tertiary alicyclic amines) is 1. The number of ether oxygens (including phenoxy) is 1. The molecule has 0 aliphatic carbocycles. The van der Waals surface area contributed by atoms with Gasteiger partial charge in [0.1, 0.15) is 16.9 Å². The Morgan fingerprint density at radius 2 is 2.08 bits per heavy atom. The highest BCUT2D eigenvalue weighted by Crippen LogP contribution is 2.34. The lowest BCUT2D eigenvalue weighted by molar-refractivity contribution is -0.136. The zero-order valence-electron chi connectivity index (χ0n) is 13.5. The summed E-state index contributed by atoms with van der Waals surface area (Å²) in [4.78, 5) is 17.6. The molecule has 26 heavy (non-hydrogen) atoms. The predicted molar refractivity (Wildman–Crippen MR) is 90.3 cm³/mol. The van der Waals surface area contributed by atoms with E-state index in [2.05, 4.69) is 10.3 Å². The molecule has 3 rings (SSSR count).